The highest BCUT2D eigenvalue weighted by atomic mass is 16.5. The molecular formula is C15H17N3O4. The second kappa shape index (κ2) is 7.26. The van der Waals surface area contributed by atoms with Crippen molar-refractivity contribution in [1.29, 1.82) is 0 Å². The number of aromatic nitrogens is 2. The lowest BCUT2D eigenvalue weighted by Gasteiger charge is -2.11. The minimum atomic E-state index is -0.277. The molecule has 1 aromatic heterocycles. The van der Waals surface area contributed by atoms with Crippen molar-refractivity contribution in [1.82, 2.24) is 15.3 Å². The van der Waals surface area contributed by atoms with Crippen molar-refractivity contribution in [3.63, 3.8) is 0 Å². The number of carbonyl (C=O) groups excluding carboxylic acids is 1. The summed E-state index contributed by atoms with van der Waals surface area (Å²) < 4.78 is 15.3. The molecule has 1 amide bonds. The third-order valence-corrected chi connectivity index (χ3v) is 3.01. The molecular weight excluding hydrogens is 286 g/mol. The second-order valence-corrected chi connectivity index (χ2v) is 4.32. The number of rotatable bonds is 6. The molecule has 0 aliphatic heterocycles. The normalized spacial score (nSPS) is 9.95. The van der Waals surface area contributed by atoms with Crippen LogP contribution in [0.15, 0.2) is 30.6 Å². The molecule has 0 bridgehead atoms. The van der Waals surface area contributed by atoms with Crippen LogP contribution in [-0.2, 0) is 6.54 Å². The van der Waals surface area contributed by atoms with Gasteiger partial charge in [-0.05, 0) is 12.1 Å². The summed E-state index contributed by atoms with van der Waals surface area (Å²) >= 11 is 0. The maximum absolute atomic E-state index is 12.0. The van der Waals surface area contributed by atoms with Crippen LogP contribution in [0.25, 0.3) is 0 Å². The van der Waals surface area contributed by atoms with E-state index >= 15 is 0 Å². The summed E-state index contributed by atoms with van der Waals surface area (Å²) in [6, 6.07) is 5.62. The Balaban J connectivity index is 2.04. The monoisotopic (exact) mass is 303 g/mol. The van der Waals surface area contributed by atoms with E-state index in [-0.39, 0.29) is 11.9 Å². The van der Waals surface area contributed by atoms with Crippen LogP contribution < -0.4 is 19.5 Å². The van der Waals surface area contributed by atoms with E-state index in [1.807, 2.05) is 6.07 Å². The van der Waals surface area contributed by atoms with Crippen LogP contribution in [-0.4, -0.2) is 37.2 Å². The molecule has 22 heavy (non-hydrogen) atoms. The van der Waals surface area contributed by atoms with E-state index in [4.69, 9.17) is 14.2 Å². The summed E-state index contributed by atoms with van der Waals surface area (Å²) in [7, 11) is 4.61. The third-order valence-electron chi connectivity index (χ3n) is 3.01. The molecule has 116 valence electrons. The van der Waals surface area contributed by atoms with Crippen molar-refractivity contribution in [2.24, 2.45) is 0 Å². The predicted molar refractivity (Wildman–Crippen MR) is 79.3 cm³/mol. The standard InChI is InChI=1S/C15H17N3O4/c1-20-12-5-4-10(13(6-12)21-2)7-16-14(19)11-8-17-15(22-3)18-9-11/h4-6,8-9H,7H2,1-3H3,(H,16,19). The highest BCUT2D eigenvalue weighted by Gasteiger charge is 2.10. The molecule has 0 aliphatic rings. The van der Waals surface area contributed by atoms with Gasteiger partial charge < -0.3 is 19.5 Å². The van der Waals surface area contributed by atoms with Gasteiger partial charge in [0.2, 0.25) is 0 Å². The zero-order chi connectivity index (χ0) is 15.9. The minimum absolute atomic E-state index is 0.216. The number of ether oxygens (including phenoxy) is 3. The molecule has 7 heteroatoms. The number of nitrogens with one attached hydrogen (secondary N) is 1. The van der Waals surface area contributed by atoms with Crippen LogP contribution in [0.5, 0.6) is 17.5 Å². The largest absolute Gasteiger partial charge is 0.497 e. The maximum atomic E-state index is 12.0. The Morgan fingerprint density at radius 1 is 1.09 bits per heavy atom. The SMILES string of the molecule is COc1ccc(CNC(=O)c2cnc(OC)nc2)c(OC)c1. The zero-order valence-electron chi connectivity index (χ0n) is 12.6. The number of amides is 1. The van der Waals surface area contributed by atoms with Gasteiger partial charge in [0.1, 0.15) is 11.5 Å². The molecule has 0 fully saturated rings. The molecule has 2 aromatic rings. The molecule has 0 unspecified atom stereocenters. The molecule has 0 radical (unpaired) electrons. The molecule has 0 saturated heterocycles. The second-order valence-electron chi connectivity index (χ2n) is 4.32. The van der Waals surface area contributed by atoms with Crippen LogP contribution in [0, 0.1) is 0 Å². The number of hydrogen-bond donors (Lipinski definition) is 1. The van der Waals surface area contributed by atoms with Gasteiger partial charge in [-0.2, -0.15) is 0 Å². The van der Waals surface area contributed by atoms with E-state index in [0.29, 0.717) is 23.6 Å². The maximum Gasteiger partial charge on any atom is 0.316 e. The molecule has 0 aliphatic carbocycles. The lowest BCUT2D eigenvalue weighted by molar-refractivity contribution is 0.0950. The molecule has 2 rings (SSSR count). The van der Waals surface area contributed by atoms with Crippen molar-refractivity contribution in [3.8, 4) is 17.5 Å². The first-order valence-electron chi connectivity index (χ1n) is 6.53. The quantitative estimate of drug-likeness (QED) is 0.869. The molecule has 7 nitrogen and oxygen atoms in total. The van der Waals surface area contributed by atoms with Gasteiger partial charge in [-0.1, -0.05) is 0 Å². The molecule has 1 aromatic carbocycles. The van der Waals surface area contributed by atoms with Gasteiger partial charge in [0.05, 0.1) is 26.9 Å². The first-order valence-corrected chi connectivity index (χ1v) is 6.53. The Hall–Kier alpha value is -2.83. The van der Waals surface area contributed by atoms with Crippen LogP contribution in [0.2, 0.25) is 0 Å². The molecule has 1 N–H and O–H groups in total. The Labute approximate surface area is 128 Å². The highest BCUT2D eigenvalue weighted by molar-refractivity contribution is 5.93. The van der Waals surface area contributed by atoms with Crippen molar-refractivity contribution in [2.45, 2.75) is 6.54 Å². The van der Waals surface area contributed by atoms with E-state index in [1.54, 1.807) is 26.4 Å². The van der Waals surface area contributed by atoms with Gasteiger partial charge in [-0.15, -0.1) is 0 Å². The number of hydrogen-bond acceptors (Lipinski definition) is 6. The lowest BCUT2D eigenvalue weighted by Crippen LogP contribution is -2.23. The minimum Gasteiger partial charge on any atom is -0.497 e. The molecule has 0 spiro atoms. The van der Waals surface area contributed by atoms with E-state index in [1.165, 1.54) is 19.5 Å². The molecule has 0 saturated carbocycles. The topological polar surface area (TPSA) is 82.6 Å². The van der Waals surface area contributed by atoms with Gasteiger partial charge in [-0.3, -0.25) is 4.79 Å². The van der Waals surface area contributed by atoms with Gasteiger partial charge in [-0.25, -0.2) is 9.97 Å². The van der Waals surface area contributed by atoms with Gasteiger partial charge in [0.15, 0.2) is 0 Å². The fourth-order valence-corrected chi connectivity index (χ4v) is 1.81. The smallest absolute Gasteiger partial charge is 0.316 e. The average molecular weight is 303 g/mol. The Morgan fingerprint density at radius 2 is 1.82 bits per heavy atom. The summed E-state index contributed by atoms with van der Waals surface area (Å²) in [6.45, 7) is 0.317. The van der Waals surface area contributed by atoms with Gasteiger partial charge in [0.25, 0.3) is 5.91 Å². The Bertz CT molecular complexity index is 644. The first kappa shape index (κ1) is 15.6. The molecule has 0 atom stereocenters. The van der Waals surface area contributed by atoms with E-state index < -0.39 is 0 Å². The number of methoxy groups -OCH3 is 3. The third kappa shape index (κ3) is 3.63. The van der Waals surface area contributed by atoms with Gasteiger partial charge in [0, 0.05) is 30.6 Å². The summed E-state index contributed by atoms with van der Waals surface area (Å²) in [5.74, 6) is 1.06. The molecule has 1 heterocycles. The predicted octanol–water partition coefficient (Wildman–Crippen LogP) is 1.43. The summed E-state index contributed by atoms with van der Waals surface area (Å²) in [6.07, 6.45) is 2.82. The van der Waals surface area contributed by atoms with Crippen molar-refractivity contribution in [2.75, 3.05) is 21.3 Å². The Morgan fingerprint density at radius 3 is 2.41 bits per heavy atom. The fraction of sp³-hybridized carbons (Fsp3) is 0.267. The van der Waals surface area contributed by atoms with Crippen molar-refractivity contribution < 1.29 is 19.0 Å². The van der Waals surface area contributed by atoms with E-state index in [0.717, 1.165) is 5.56 Å². The summed E-state index contributed by atoms with van der Waals surface area (Å²) in [5, 5.41) is 2.78. The summed E-state index contributed by atoms with van der Waals surface area (Å²) in [5.41, 5.74) is 1.19. The fourth-order valence-electron chi connectivity index (χ4n) is 1.81. The first-order chi connectivity index (χ1) is 10.7. The van der Waals surface area contributed by atoms with Crippen LogP contribution in [0.4, 0.5) is 0 Å². The zero-order valence-corrected chi connectivity index (χ0v) is 12.6. The van der Waals surface area contributed by atoms with Crippen LogP contribution >= 0.6 is 0 Å². The number of carbonyl (C=O) groups is 1. The van der Waals surface area contributed by atoms with E-state index in [9.17, 15) is 4.79 Å². The lowest BCUT2D eigenvalue weighted by atomic mass is 10.2. The average Bonchev–Trinajstić information content (AvgIpc) is 2.59. The number of benzene rings is 1. The highest BCUT2D eigenvalue weighted by Crippen LogP contribution is 2.24. The van der Waals surface area contributed by atoms with Crippen LogP contribution in [0.3, 0.4) is 0 Å². The van der Waals surface area contributed by atoms with Gasteiger partial charge >= 0.3 is 6.01 Å². The Kier molecular flexibility index (Phi) is 5.13. The summed E-state index contributed by atoms with van der Waals surface area (Å²) in [4.78, 5) is 19.8. The van der Waals surface area contributed by atoms with Crippen molar-refractivity contribution >= 4 is 5.91 Å². The van der Waals surface area contributed by atoms with E-state index in [2.05, 4.69) is 15.3 Å². The van der Waals surface area contributed by atoms with Crippen LogP contribution in [0.1, 0.15) is 15.9 Å². The van der Waals surface area contributed by atoms with Crippen molar-refractivity contribution in [3.05, 3.63) is 41.7 Å². The number of nitrogens with zero attached hydrogens (tertiary/aromatic N) is 2.